The summed E-state index contributed by atoms with van der Waals surface area (Å²) < 4.78 is 16.9. The maximum Gasteiger partial charge on any atom is 0.306 e. The zero-order chi connectivity index (χ0) is 59.9. The third-order valence-electron chi connectivity index (χ3n) is 14.9. The molecule has 1 atom stereocenters. The number of unbranched alkanes of at least 4 members (excludes halogenated alkanes) is 32. The molecule has 0 amide bonds. The van der Waals surface area contributed by atoms with E-state index in [0.717, 1.165) is 116 Å². The van der Waals surface area contributed by atoms with Crippen molar-refractivity contribution in [2.24, 2.45) is 0 Å². The van der Waals surface area contributed by atoms with E-state index in [1.807, 2.05) is 0 Å². The quantitative estimate of drug-likeness (QED) is 0.0261. The van der Waals surface area contributed by atoms with Gasteiger partial charge in [0.05, 0.1) is 0 Å². The molecule has 83 heavy (non-hydrogen) atoms. The van der Waals surface area contributed by atoms with Gasteiger partial charge in [-0.3, -0.25) is 14.4 Å². The zero-order valence-electron chi connectivity index (χ0n) is 54.4. The molecule has 6 nitrogen and oxygen atoms in total. The first-order chi connectivity index (χ1) is 41.0. The second kappa shape index (κ2) is 70.3. The van der Waals surface area contributed by atoms with E-state index >= 15 is 0 Å². The van der Waals surface area contributed by atoms with Gasteiger partial charge in [-0.15, -0.1) is 0 Å². The normalized spacial score (nSPS) is 12.9. The van der Waals surface area contributed by atoms with Gasteiger partial charge in [0.2, 0.25) is 0 Å². The summed E-state index contributed by atoms with van der Waals surface area (Å²) in [6.45, 7) is 6.40. The van der Waals surface area contributed by atoms with E-state index in [1.54, 1.807) is 0 Å². The molecule has 0 heterocycles. The fourth-order valence-electron chi connectivity index (χ4n) is 9.75. The topological polar surface area (TPSA) is 78.9 Å². The van der Waals surface area contributed by atoms with Crippen LogP contribution in [0.5, 0.6) is 0 Å². The lowest BCUT2D eigenvalue weighted by atomic mass is 10.0. The average molecular weight is 1150 g/mol. The van der Waals surface area contributed by atoms with Crippen LogP contribution in [0.25, 0.3) is 0 Å². The number of ether oxygens (including phenoxy) is 3. The molecule has 0 saturated carbocycles. The van der Waals surface area contributed by atoms with Gasteiger partial charge >= 0.3 is 17.9 Å². The summed E-state index contributed by atoms with van der Waals surface area (Å²) >= 11 is 0. The predicted molar refractivity (Wildman–Crippen MR) is 362 cm³/mol. The van der Waals surface area contributed by atoms with Gasteiger partial charge in [0.25, 0.3) is 0 Å². The highest BCUT2D eigenvalue weighted by atomic mass is 16.6. The summed E-state index contributed by atoms with van der Waals surface area (Å²) in [6.07, 6.45) is 98.1. The van der Waals surface area contributed by atoms with Crippen molar-refractivity contribution < 1.29 is 28.6 Å². The van der Waals surface area contributed by atoms with Crippen LogP contribution in [0.1, 0.15) is 329 Å². The van der Waals surface area contributed by atoms with E-state index in [2.05, 4.69) is 142 Å². The van der Waals surface area contributed by atoms with Gasteiger partial charge in [-0.05, 0) is 128 Å². The second-order valence-electron chi connectivity index (χ2n) is 23.0. The lowest BCUT2D eigenvalue weighted by Gasteiger charge is -2.18. The van der Waals surface area contributed by atoms with Gasteiger partial charge in [0.15, 0.2) is 6.10 Å². The summed E-state index contributed by atoms with van der Waals surface area (Å²) in [5.41, 5.74) is 0. The summed E-state index contributed by atoms with van der Waals surface area (Å²) in [4.78, 5) is 38.4. The molecular formula is C77H130O6. The Balaban J connectivity index is 4.24. The summed E-state index contributed by atoms with van der Waals surface area (Å²) in [5, 5.41) is 0. The molecule has 0 aliphatic heterocycles. The molecule has 0 aliphatic carbocycles. The van der Waals surface area contributed by atoms with E-state index in [1.165, 1.54) is 173 Å². The number of esters is 3. The summed E-state index contributed by atoms with van der Waals surface area (Å²) in [6, 6.07) is 0. The van der Waals surface area contributed by atoms with Gasteiger partial charge in [-0.25, -0.2) is 0 Å². The number of rotatable bonds is 63. The summed E-state index contributed by atoms with van der Waals surface area (Å²) in [5.74, 6) is -0.928. The van der Waals surface area contributed by atoms with Gasteiger partial charge in [0, 0.05) is 19.3 Å². The van der Waals surface area contributed by atoms with Gasteiger partial charge in [-0.1, -0.05) is 303 Å². The van der Waals surface area contributed by atoms with Crippen molar-refractivity contribution in [3.8, 4) is 0 Å². The molecular weight excluding hydrogens is 1020 g/mol. The Morgan fingerprint density at radius 3 is 0.771 bits per heavy atom. The summed E-state index contributed by atoms with van der Waals surface area (Å²) in [7, 11) is 0. The van der Waals surface area contributed by atoms with Gasteiger partial charge < -0.3 is 14.2 Å². The molecule has 0 aliphatic rings. The van der Waals surface area contributed by atoms with Crippen molar-refractivity contribution in [1.29, 1.82) is 0 Å². The Morgan fingerprint density at radius 2 is 0.470 bits per heavy atom. The van der Waals surface area contributed by atoms with Crippen LogP contribution in [-0.2, 0) is 28.6 Å². The monoisotopic (exact) mass is 1150 g/mol. The molecule has 6 heteroatoms. The Morgan fingerprint density at radius 1 is 0.253 bits per heavy atom. The van der Waals surface area contributed by atoms with Crippen LogP contribution in [0.4, 0.5) is 0 Å². The van der Waals surface area contributed by atoms with E-state index in [-0.39, 0.29) is 31.1 Å². The highest BCUT2D eigenvalue weighted by Gasteiger charge is 2.19. The number of carbonyl (C=O) groups excluding carboxylic acids is 3. The van der Waals surface area contributed by atoms with Crippen LogP contribution in [0.2, 0.25) is 0 Å². The third kappa shape index (κ3) is 68.5. The van der Waals surface area contributed by atoms with Crippen LogP contribution in [0, 0.1) is 0 Å². The lowest BCUT2D eigenvalue weighted by Crippen LogP contribution is -2.30. The van der Waals surface area contributed by atoms with Crippen molar-refractivity contribution in [2.75, 3.05) is 13.2 Å². The van der Waals surface area contributed by atoms with Crippen LogP contribution in [0.3, 0.4) is 0 Å². The van der Waals surface area contributed by atoms with Crippen molar-refractivity contribution in [2.45, 2.75) is 335 Å². The van der Waals surface area contributed by atoms with Crippen LogP contribution < -0.4 is 0 Å². The maximum absolute atomic E-state index is 12.9. The fourth-order valence-corrected chi connectivity index (χ4v) is 9.75. The molecule has 1 unspecified atom stereocenters. The molecule has 0 aromatic rings. The lowest BCUT2D eigenvalue weighted by molar-refractivity contribution is -0.167. The molecule has 0 aromatic carbocycles. The Bertz CT molecular complexity index is 1700. The molecule has 0 N–H and O–H groups in total. The molecule has 0 fully saturated rings. The Kier molecular flexibility index (Phi) is 66.7. The number of hydrogen-bond acceptors (Lipinski definition) is 6. The van der Waals surface area contributed by atoms with E-state index in [4.69, 9.17) is 14.2 Å². The molecule has 0 bridgehead atoms. The Labute approximate surface area is 513 Å². The van der Waals surface area contributed by atoms with Gasteiger partial charge in [-0.2, -0.15) is 0 Å². The van der Waals surface area contributed by atoms with Crippen LogP contribution in [0.15, 0.2) is 122 Å². The largest absolute Gasteiger partial charge is 0.462 e. The number of carbonyl (C=O) groups is 3. The highest BCUT2D eigenvalue weighted by Crippen LogP contribution is 2.17. The molecule has 0 radical (unpaired) electrons. The second-order valence-corrected chi connectivity index (χ2v) is 23.0. The van der Waals surface area contributed by atoms with Crippen LogP contribution >= 0.6 is 0 Å². The molecule has 0 saturated heterocycles. The minimum absolute atomic E-state index is 0.0919. The minimum atomic E-state index is -0.799. The number of hydrogen-bond donors (Lipinski definition) is 0. The fraction of sp³-hybridized carbons (Fsp3) is 0.701. The zero-order valence-corrected chi connectivity index (χ0v) is 54.4. The predicted octanol–water partition coefficient (Wildman–Crippen LogP) is 24.3. The van der Waals surface area contributed by atoms with E-state index < -0.39 is 6.10 Å². The smallest absolute Gasteiger partial charge is 0.306 e. The Hall–Kier alpha value is -4.19. The third-order valence-corrected chi connectivity index (χ3v) is 14.9. The van der Waals surface area contributed by atoms with Crippen molar-refractivity contribution in [3.63, 3.8) is 0 Å². The van der Waals surface area contributed by atoms with E-state index in [9.17, 15) is 14.4 Å². The van der Waals surface area contributed by atoms with Crippen molar-refractivity contribution in [3.05, 3.63) is 122 Å². The minimum Gasteiger partial charge on any atom is -0.462 e. The average Bonchev–Trinajstić information content (AvgIpc) is 3.49. The number of allylic oxidation sites excluding steroid dienone is 20. The highest BCUT2D eigenvalue weighted by molar-refractivity contribution is 5.71. The van der Waals surface area contributed by atoms with Crippen LogP contribution in [-0.4, -0.2) is 37.2 Å². The maximum atomic E-state index is 12.9. The molecule has 0 aromatic heterocycles. The molecule has 474 valence electrons. The van der Waals surface area contributed by atoms with Crippen molar-refractivity contribution in [1.82, 2.24) is 0 Å². The first-order valence-electron chi connectivity index (χ1n) is 35.0. The molecule has 0 spiro atoms. The standard InChI is InChI=1S/C77H130O6/c1-4-7-10-13-16-19-22-25-28-30-31-32-33-34-35-36-37-38-39-40-41-42-43-44-45-47-49-52-55-58-61-64-67-70-76(79)82-73-74(72-81-75(78)69-66-63-60-57-54-51-48-27-24-21-18-15-12-9-6-3)83-77(80)71-68-65-62-59-56-53-50-46-29-26-23-20-17-14-11-8-5-2/h7,9-10,12,16,18-19,21,25-29,31-32,34-35,48,54,57,74H,4-6,8,11,13-15,17,20,22-24,30,33,36-47,49-53,55-56,58-73H2,1-3H3/b10-7-,12-9-,19-16-,21-18-,28-25-,29-26-,32-31-,35-34-,48-27-,57-54-. The first-order valence-corrected chi connectivity index (χ1v) is 35.0. The SMILES string of the molecule is CC/C=C\C/C=C\C/C=C\C/C=C\C/C=C\CCCCCCCCCCCCCCCCCCCC(=O)OCC(COC(=O)CCCC/C=C\C/C=C\C/C=C\C/C=C\CC)OC(=O)CCCCCCCCC/C=C\CCCCCCCC. The first kappa shape index (κ1) is 78.8. The van der Waals surface area contributed by atoms with Gasteiger partial charge in [0.1, 0.15) is 13.2 Å². The van der Waals surface area contributed by atoms with E-state index in [0.29, 0.717) is 19.3 Å². The molecule has 0 rings (SSSR count). The van der Waals surface area contributed by atoms with Crippen molar-refractivity contribution >= 4 is 17.9 Å².